The van der Waals surface area contributed by atoms with Crippen LogP contribution in [0.1, 0.15) is 42.6 Å². The Kier molecular flexibility index (Phi) is 7.43. The van der Waals surface area contributed by atoms with Crippen LogP contribution in [0.25, 0.3) is 0 Å². The number of carbonyl (C=O) groups excluding carboxylic acids is 1. The number of para-hydroxylation sites is 1. The minimum absolute atomic E-state index is 0.0330. The molecule has 6 heteroatoms. The molecule has 2 atom stereocenters. The number of amides is 1. The summed E-state index contributed by atoms with van der Waals surface area (Å²) in [7, 11) is 0. The van der Waals surface area contributed by atoms with E-state index in [1.807, 2.05) is 30.0 Å². The van der Waals surface area contributed by atoms with E-state index < -0.39 is 0 Å². The lowest BCUT2D eigenvalue weighted by Gasteiger charge is -2.32. The molecule has 0 aromatic heterocycles. The largest absolute Gasteiger partial charge is 0.373 e. The Balaban J connectivity index is 1.37. The third kappa shape index (κ3) is 5.30. The number of hydrogen-bond donors (Lipinski definition) is 2. The van der Waals surface area contributed by atoms with E-state index in [9.17, 15) is 4.79 Å². The molecule has 2 aliphatic heterocycles. The van der Waals surface area contributed by atoms with Crippen molar-refractivity contribution >= 4 is 17.6 Å². The number of benzene rings is 2. The molecule has 4 rings (SSSR count). The maximum Gasteiger partial charge on any atom is 0.248 e. The summed E-state index contributed by atoms with van der Waals surface area (Å²) in [5.41, 5.74) is 4.73. The Hall–Kier alpha value is -2.86. The highest BCUT2D eigenvalue weighted by atomic mass is 16.5. The number of rotatable bonds is 6. The van der Waals surface area contributed by atoms with Crippen molar-refractivity contribution in [3.8, 4) is 0 Å². The maximum absolute atomic E-state index is 12.8. The zero-order valence-corrected chi connectivity index (χ0v) is 19.1. The zero-order chi connectivity index (χ0) is 22.3. The molecule has 1 saturated heterocycles. The molecule has 0 bridgehead atoms. The predicted molar refractivity (Wildman–Crippen MR) is 129 cm³/mol. The topological polar surface area (TPSA) is 66.0 Å². The number of guanidine groups is 1. The molecule has 2 N–H and O–H groups in total. The highest BCUT2D eigenvalue weighted by molar-refractivity contribution is 5.98. The fourth-order valence-electron chi connectivity index (χ4n) is 4.58. The highest BCUT2D eigenvalue weighted by Crippen LogP contribution is 2.33. The first-order valence-electron chi connectivity index (χ1n) is 11.7. The van der Waals surface area contributed by atoms with Gasteiger partial charge in [-0.05, 0) is 50.3 Å². The van der Waals surface area contributed by atoms with Crippen molar-refractivity contribution in [2.45, 2.75) is 39.2 Å². The first-order valence-corrected chi connectivity index (χ1v) is 11.7. The second kappa shape index (κ2) is 10.6. The van der Waals surface area contributed by atoms with Crippen LogP contribution in [0.3, 0.4) is 0 Å². The molecular formula is C26H34N4O2. The molecule has 1 fully saturated rings. The van der Waals surface area contributed by atoms with Gasteiger partial charge in [0.25, 0.3) is 0 Å². The number of fused-ring (bicyclic) bond motifs is 1. The van der Waals surface area contributed by atoms with Crippen LogP contribution in [0.2, 0.25) is 0 Å². The Morgan fingerprint density at radius 1 is 1.16 bits per heavy atom. The number of aryl methyl sites for hydroxylation is 1. The van der Waals surface area contributed by atoms with E-state index in [4.69, 9.17) is 4.74 Å². The summed E-state index contributed by atoms with van der Waals surface area (Å²) in [5.74, 6) is 1.07. The minimum Gasteiger partial charge on any atom is -0.373 e. The van der Waals surface area contributed by atoms with Crippen LogP contribution in [-0.4, -0.2) is 44.7 Å². The summed E-state index contributed by atoms with van der Waals surface area (Å²) < 4.78 is 6.15. The normalized spacial score (nSPS) is 20.7. The molecule has 2 heterocycles. The summed E-state index contributed by atoms with van der Waals surface area (Å²) in [5, 5.41) is 6.73. The van der Waals surface area contributed by atoms with Crippen LogP contribution in [-0.2, 0) is 16.0 Å². The van der Waals surface area contributed by atoms with Gasteiger partial charge in [-0.1, -0.05) is 48.0 Å². The molecule has 32 heavy (non-hydrogen) atoms. The number of nitrogens with one attached hydrogen (secondary N) is 2. The standard InChI is InChI=1S/C26H34N4O2/c1-3-27-26(29-18-24(31)30-15-14-20-7-4-5-9-23(20)30)28-17-22-8-6-16-32-25(22)21-12-10-19(2)11-13-21/h4-5,7,9-13,22,25H,3,6,8,14-18H2,1-2H3,(H2,27,28,29). The van der Waals surface area contributed by atoms with E-state index in [1.54, 1.807) is 0 Å². The summed E-state index contributed by atoms with van der Waals surface area (Å²) in [6.07, 6.45) is 3.16. The molecule has 170 valence electrons. The van der Waals surface area contributed by atoms with Gasteiger partial charge in [-0.25, -0.2) is 4.99 Å². The van der Waals surface area contributed by atoms with Gasteiger partial charge in [0.05, 0.1) is 6.10 Å². The summed E-state index contributed by atoms with van der Waals surface area (Å²) in [6.45, 7) is 7.30. The van der Waals surface area contributed by atoms with Gasteiger partial charge in [-0.3, -0.25) is 4.79 Å². The number of nitrogens with zero attached hydrogens (tertiary/aromatic N) is 2. The molecule has 2 aliphatic rings. The quantitative estimate of drug-likeness (QED) is 0.539. The van der Waals surface area contributed by atoms with E-state index in [0.29, 0.717) is 11.9 Å². The van der Waals surface area contributed by atoms with Gasteiger partial charge < -0.3 is 20.3 Å². The maximum atomic E-state index is 12.8. The second-order valence-electron chi connectivity index (χ2n) is 8.60. The lowest BCUT2D eigenvalue weighted by Crippen LogP contribution is -2.42. The summed E-state index contributed by atoms with van der Waals surface area (Å²) in [4.78, 5) is 19.3. The molecule has 2 unspecified atom stereocenters. The SMILES string of the molecule is CCNC(=NCC(=O)N1CCc2ccccc21)NCC1CCCOC1c1ccc(C)cc1. The lowest BCUT2D eigenvalue weighted by atomic mass is 9.89. The van der Waals surface area contributed by atoms with Crippen LogP contribution in [0, 0.1) is 12.8 Å². The van der Waals surface area contributed by atoms with E-state index in [2.05, 4.69) is 52.9 Å². The van der Waals surface area contributed by atoms with Gasteiger partial charge in [0.2, 0.25) is 5.91 Å². The average Bonchev–Trinajstić information content (AvgIpc) is 3.26. The Morgan fingerprint density at radius 2 is 1.97 bits per heavy atom. The van der Waals surface area contributed by atoms with Gasteiger partial charge in [-0.15, -0.1) is 0 Å². The Bertz CT molecular complexity index is 941. The monoisotopic (exact) mass is 434 g/mol. The van der Waals surface area contributed by atoms with Crippen LogP contribution in [0.5, 0.6) is 0 Å². The molecule has 0 aliphatic carbocycles. The average molecular weight is 435 g/mol. The fraction of sp³-hybridized carbons (Fsp3) is 0.462. The molecule has 0 radical (unpaired) electrons. The van der Waals surface area contributed by atoms with Crippen molar-refractivity contribution in [3.05, 3.63) is 65.2 Å². The van der Waals surface area contributed by atoms with Crippen LogP contribution >= 0.6 is 0 Å². The smallest absolute Gasteiger partial charge is 0.248 e. The summed E-state index contributed by atoms with van der Waals surface area (Å²) >= 11 is 0. The Labute approximate surface area is 191 Å². The van der Waals surface area contributed by atoms with E-state index in [-0.39, 0.29) is 18.6 Å². The van der Waals surface area contributed by atoms with Crippen molar-refractivity contribution in [3.63, 3.8) is 0 Å². The number of anilines is 1. The van der Waals surface area contributed by atoms with Crippen molar-refractivity contribution in [1.29, 1.82) is 0 Å². The van der Waals surface area contributed by atoms with E-state index in [0.717, 1.165) is 51.2 Å². The van der Waals surface area contributed by atoms with Crippen molar-refractivity contribution in [2.75, 3.05) is 37.7 Å². The minimum atomic E-state index is 0.0330. The summed E-state index contributed by atoms with van der Waals surface area (Å²) in [6, 6.07) is 16.7. The molecule has 2 aromatic rings. The van der Waals surface area contributed by atoms with Crippen LogP contribution < -0.4 is 15.5 Å². The van der Waals surface area contributed by atoms with Crippen molar-refractivity contribution < 1.29 is 9.53 Å². The molecule has 2 aromatic carbocycles. The van der Waals surface area contributed by atoms with Crippen molar-refractivity contribution in [2.24, 2.45) is 10.9 Å². The van der Waals surface area contributed by atoms with Gasteiger partial charge in [0.15, 0.2) is 5.96 Å². The van der Waals surface area contributed by atoms with Crippen molar-refractivity contribution in [1.82, 2.24) is 10.6 Å². The van der Waals surface area contributed by atoms with Crippen LogP contribution in [0.4, 0.5) is 5.69 Å². The second-order valence-corrected chi connectivity index (χ2v) is 8.60. The van der Waals surface area contributed by atoms with Crippen LogP contribution in [0.15, 0.2) is 53.5 Å². The van der Waals surface area contributed by atoms with Gasteiger partial charge in [0.1, 0.15) is 6.54 Å². The predicted octanol–water partition coefficient (Wildman–Crippen LogP) is 3.61. The van der Waals surface area contributed by atoms with E-state index >= 15 is 0 Å². The first kappa shape index (κ1) is 22.3. The van der Waals surface area contributed by atoms with E-state index in [1.165, 1.54) is 16.7 Å². The number of hydrogen-bond acceptors (Lipinski definition) is 3. The number of aliphatic imine (C=N–C) groups is 1. The highest BCUT2D eigenvalue weighted by Gasteiger charge is 2.28. The lowest BCUT2D eigenvalue weighted by molar-refractivity contribution is -0.117. The number of ether oxygens (including phenoxy) is 1. The molecule has 0 spiro atoms. The first-order chi connectivity index (χ1) is 15.7. The Morgan fingerprint density at radius 3 is 2.78 bits per heavy atom. The number of carbonyl (C=O) groups is 1. The molecule has 1 amide bonds. The third-order valence-electron chi connectivity index (χ3n) is 6.29. The van der Waals surface area contributed by atoms with Gasteiger partial charge >= 0.3 is 0 Å². The fourth-order valence-corrected chi connectivity index (χ4v) is 4.58. The molecule has 6 nitrogen and oxygen atoms in total. The third-order valence-corrected chi connectivity index (χ3v) is 6.29. The molecular weight excluding hydrogens is 400 g/mol. The van der Waals surface area contributed by atoms with Gasteiger partial charge in [-0.2, -0.15) is 0 Å². The zero-order valence-electron chi connectivity index (χ0n) is 19.1. The molecule has 0 saturated carbocycles. The van der Waals surface area contributed by atoms with Gasteiger partial charge in [0, 0.05) is 37.8 Å².